The van der Waals surface area contributed by atoms with Crippen LogP contribution in [0.5, 0.6) is 0 Å². The third-order valence-electron chi connectivity index (χ3n) is 3.63. The molecule has 5 heteroatoms. The van der Waals surface area contributed by atoms with E-state index in [1.165, 1.54) is 17.3 Å². The Hall–Kier alpha value is -2.04. The summed E-state index contributed by atoms with van der Waals surface area (Å²) in [4.78, 5) is 17.2. The van der Waals surface area contributed by atoms with Gasteiger partial charge in [0, 0.05) is 0 Å². The molecule has 122 valence electrons. The lowest BCUT2D eigenvalue weighted by Gasteiger charge is -2.04. The van der Waals surface area contributed by atoms with Gasteiger partial charge in [-0.15, -0.1) is 0 Å². The number of aliphatic imine (C=N–C) groups is 1. The van der Waals surface area contributed by atoms with Gasteiger partial charge >= 0.3 is 0 Å². The first-order valence-corrected chi connectivity index (χ1v) is 8.86. The smallest absolute Gasteiger partial charge is 0.264 e. The van der Waals surface area contributed by atoms with E-state index in [0.29, 0.717) is 26.7 Å². The van der Waals surface area contributed by atoms with Crippen LogP contribution in [0.25, 0.3) is 6.08 Å². The summed E-state index contributed by atoms with van der Waals surface area (Å²) in [5.74, 6) is 0.351. The lowest BCUT2D eigenvalue weighted by atomic mass is 10.0. The molecule has 24 heavy (non-hydrogen) atoms. The molecule has 0 atom stereocenters. The predicted molar refractivity (Wildman–Crippen MR) is 103 cm³/mol. The molecule has 0 saturated carbocycles. The van der Waals surface area contributed by atoms with Crippen LogP contribution in [0.4, 0.5) is 5.69 Å². The molecule has 1 amide bonds. The van der Waals surface area contributed by atoms with Crippen LogP contribution < -0.4 is 5.32 Å². The van der Waals surface area contributed by atoms with E-state index in [1.54, 1.807) is 6.07 Å². The quantitative estimate of drug-likeness (QED) is 0.752. The van der Waals surface area contributed by atoms with Gasteiger partial charge < -0.3 is 5.32 Å². The number of benzene rings is 2. The average molecular weight is 357 g/mol. The Kier molecular flexibility index (Phi) is 5.07. The Morgan fingerprint density at radius 2 is 1.83 bits per heavy atom. The average Bonchev–Trinajstić information content (AvgIpc) is 2.90. The van der Waals surface area contributed by atoms with E-state index in [-0.39, 0.29) is 5.91 Å². The third-order valence-corrected chi connectivity index (χ3v) is 4.86. The van der Waals surface area contributed by atoms with Crippen molar-refractivity contribution in [1.82, 2.24) is 5.32 Å². The molecule has 1 aliphatic heterocycles. The van der Waals surface area contributed by atoms with Crippen molar-refractivity contribution in [3.63, 3.8) is 0 Å². The van der Waals surface area contributed by atoms with Gasteiger partial charge in [0.05, 0.1) is 15.6 Å². The van der Waals surface area contributed by atoms with Crippen molar-refractivity contribution in [3.8, 4) is 0 Å². The molecule has 1 fully saturated rings. The summed E-state index contributed by atoms with van der Waals surface area (Å²) in [6.45, 7) is 4.32. The van der Waals surface area contributed by atoms with Gasteiger partial charge in [0.25, 0.3) is 5.91 Å². The summed E-state index contributed by atoms with van der Waals surface area (Å²) in [6, 6.07) is 15.5. The van der Waals surface area contributed by atoms with E-state index in [9.17, 15) is 4.79 Å². The second-order valence-electron chi connectivity index (χ2n) is 5.75. The SMILES string of the molecule is CC(C)c1ccc(/C=C2/SC(=Nc3ccccc3Cl)NC2=O)cc1. The fourth-order valence-corrected chi connectivity index (χ4v) is 3.27. The zero-order valence-electron chi connectivity index (χ0n) is 13.4. The molecular weight excluding hydrogens is 340 g/mol. The van der Waals surface area contributed by atoms with E-state index in [0.717, 1.165) is 5.56 Å². The molecule has 1 aliphatic rings. The summed E-state index contributed by atoms with van der Waals surface area (Å²) >= 11 is 7.42. The number of carbonyl (C=O) groups is 1. The van der Waals surface area contributed by atoms with Crippen LogP contribution >= 0.6 is 23.4 Å². The van der Waals surface area contributed by atoms with Crippen molar-refractivity contribution in [2.75, 3.05) is 0 Å². The number of halogens is 1. The van der Waals surface area contributed by atoms with E-state index >= 15 is 0 Å². The monoisotopic (exact) mass is 356 g/mol. The highest BCUT2D eigenvalue weighted by Gasteiger charge is 2.24. The van der Waals surface area contributed by atoms with Gasteiger partial charge in [-0.1, -0.05) is 61.8 Å². The molecular formula is C19H17ClN2OS. The summed E-state index contributed by atoms with van der Waals surface area (Å²) in [7, 11) is 0. The molecule has 0 radical (unpaired) electrons. The van der Waals surface area contributed by atoms with Gasteiger partial charge in [-0.3, -0.25) is 4.79 Å². The molecule has 0 aromatic heterocycles. The fraction of sp³-hybridized carbons (Fsp3) is 0.158. The number of nitrogens with one attached hydrogen (secondary N) is 1. The first-order valence-electron chi connectivity index (χ1n) is 7.67. The number of rotatable bonds is 3. The number of amidine groups is 1. The fourth-order valence-electron chi connectivity index (χ4n) is 2.26. The second kappa shape index (κ2) is 7.24. The van der Waals surface area contributed by atoms with E-state index < -0.39 is 0 Å². The highest BCUT2D eigenvalue weighted by atomic mass is 35.5. The van der Waals surface area contributed by atoms with Crippen molar-refractivity contribution in [1.29, 1.82) is 0 Å². The lowest BCUT2D eigenvalue weighted by Crippen LogP contribution is -2.19. The molecule has 1 saturated heterocycles. The summed E-state index contributed by atoms with van der Waals surface area (Å²) in [6.07, 6.45) is 1.87. The Balaban J connectivity index is 1.81. The summed E-state index contributed by atoms with van der Waals surface area (Å²) in [5.41, 5.74) is 2.92. The maximum absolute atomic E-state index is 12.1. The molecule has 0 bridgehead atoms. The summed E-state index contributed by atoms with van der Waals surface area (Å²) in [5, 5.41) is 3.87. The zero-order valence-corrected chi connectivity index (χ0v) is 15.0. The lowest BCUT2D eigenvalue weighted by molar-refractivity contribution is -0.115. The van der Waals surface area contributed by atoms with Crippen LogP contribution in [0.1, 0.15) is 30.9 Å². The maximum atomic E-state index is 12.1. The molecule has 2 aromatic rings. The number of thioether (sulfide) groups is 1. The van der Waals surface area contributed by atoms with Crippen molar-refractivity contribution < 1.29 is 4.79 Å². The Morgan fingerprint density at radius 3 is 2.50 bits per heavy atom. The normalized spacial score (nSPS) is 17.8. The summed E-state index contributed by atoms with van der Waals surface area (Å²) < 4.78 is 0. The minimum atomic E-state index is -0.140. The number of amides is 1. The molecule has 3 rings (SSSR count). The van der Waals surface area contributed by atoms with Crippen LogP contribution in [0, 0.1) is 0 Å². The number of hydrogen-bond donors (Lipinski definition) is 1. The molecule has 0 unspecified atom stereocenters. The Bertz CT molecular complexity index is 826. The molecule has 1 heterocycles. The van der Waals surface area contributed by atoms with Crippen molar-refractivity contribution >= 4 is 46.2 Å². The minimum absolute atomic E-state index is 0.140. The Labute approximate surface area is 150 Å². The first kappa shape index (κ1) is 16.8. The molecule has 1 N–H and O–H groups in total. The molecule has 0 aliphatic carbocycles. The van der Waals surface area contributed by atoms with Gasteiger partial charge in [-0.05, 0) is 47.0 Å². The van der Waals surface area contributed by atoms with E-state index in [4.69, 9.17) is 11.6 Å². The third kappa shape index (κ3) is 3.89. The number of carbonyl (C=O) groups excluding carboxylic acids is 1. The van der Waals surface area contributed by atoms with Crippen molar-refractivity contribution in [2.45, 2.75) is 19.8 Å². The maximum Gasteiger partial charge on any atom is 0.264 e. The van der Waals surface area contributed by atoms with Crippen LogP contribution in [0.3, 0.4) is 0 Å². The van der Waals surface area contributed by atoms with Gasteiger partial charge in [-0.2, -0.15) is 0 Å². The van der Waals surface area contributed by atoms with Crippen LogP contribution in [0.2, 0.25) is 5.02 Å². The van der Waals surface area contributed by atoms with Crippen LogP contribution in [-0.4, -0.2) is 11.1 Å². The Morgan fingerprint density at radius 1 is 1.12 bits per heavy atom. The highest BCUT2D eigenvalue weighted by Crippen LogP contribution is 2.30. The van der Waals surface area contributed by atoms with Gasteiger partial charge in [0.1, 0.15) is 0 Å². The zero-order chi connectivity index (χ0) is 17.1. The molecule has 3 nitrogen and oxygen atoms in total. The van der Waals surface area contributed by atoms with Crippen LogP contribution in [-0.2, 0) is 4.79 Å². The standard InChI is InChI=1S/C19H17ClN2OS/c1-12(2)14-9-7-13(8-10-14)11-17-18(23)22-19(24-17)21-16-6-4-3-5-15(16)20/h3-12H,1-2H3,(H,21,22,23)/b17-11+. The number of hydrogen-bond acceptors (Lipinski definition) is 3. The minimum Gasteiger partial charge on any atom is -0.300 e. The van der Waals surface area contributed by atoms with Crippen LogP contribution in [0.15, 0.2) is 58.4 Å². The number of nitrogens with zero attached hydrogens (tertiary/aromatic N) is 1. The molecule has 2 aromatic carbocycles. The highest BCUT2D eigenvalue weighted by molar-refractivity contribution is 8.18. The topological polar surface area (TPSA) is 41.5 Å². The van der Waals surface area contributed by atoms with Crippen molar-refractivity contribution in [2.24, 2.45) is 4.99 Å². The van der Waals surface area contributed by atoms with E-state index in [2.05, 4.69) is 36.3 Å². The molecule has 0 spiro atoms. The number of para-hydroxylation sites is 1. The first-order chi connectivity index (χ1) is 11.5. The van der Waals surface area contributed by atoms with Gasteiger partial charge in [0.2, 0.25) is 0 Å². The predicted octanol–water partition coefficient (Wildman–Crippen LogP) is 5.36. The van der Waals surface area contributed by atoms with Crippen molar-refractivity contribution in [3.05, 3.63) is 69.6 Å². The second-order valence-corrected chi connectivity index (χ2v) is 7.19. The largest absolute Gasteiger partial charge is 0.300 e. The van der Waals surface area contributed by atoms with E-state index in [1.807, 2.05) is 36.4 Å². The van der Waals surface area contributed by atoms with Gasteiger partial charge in [0.15, 0.2) is 5.17 Å². The van der Waals surface area contributed by atoms with Gasteiger partial charge in [-0.25, -0.2) is 4.99 Å².